The molecule has 0 bridgehead atoms. The van der Waals surface area contributed by atoms with Gasteiger partial charge in [0.15, 0.2) is 0 Å². The van der Waals surface area contributed by atoms with E-state index in [9.17, 15) is 14.0 Å². The van der Waals surface area contributed by atoms with Crippen LogP contribution in [0.3, 0.4) is 0 Å². The molecule has 1 N–H and O–H groups in total. The number of hydrogen-bond donors (Lipinski definition) is 1. The first kappa shape index (κ1) is 23.0. The molecule has 0 saturated carbocycles. The maximum atomic E-state index is 13.5. The van der Waals surface area contributed by atoms with Gasteiger partial charge in [-0.1, -0.05) is 24.3 Å². The summed E-state index contributed by atoms with van der Waals surface area (Å²) < 4.78 is 15.3. The Hall–Kier alpha value is -3.78. The second kappa shape index (κ2) is 10.2. The minimum absolute atomic E-state index is 0.0225. The highest BCUT2D eigenvalue weighted by Gasteiger charge is 2.28. The van der Waals surface area contributed by atoms with E-state index in [0.717, 1.165) is 21.7 Å². The van der Waals surface area contributed by atoms with Gasteiger partial charge in [-0.2, -0.15) is 5.10 Å². The molecule has 1 fully saturated rings. The Morgan fingerprint density at radius 3 is 2.43 bits per heavy atom. The maximum absolute atomic E-state index is 13.5. The van der Waals surface area contributed by atoms with Gasteiger partial charge < -0.3 is 10.2 Å². The summed E-state index contributed by atoms with van der Waals surface area (Å²) in [7, 11) is 0. The van der Waals surface area contributed by atoms with Crippen LogP contribution in [0.1, 0.15) is 28.1 Å². The van der Waals surface area contributed by atoms with Crippen LogP contribution < -0.4 is 5.32 Å². The fraction of sp³-hybridized carbons (Fsp3) is 0.222. The van der Waals surface area contributed by atoms with Gasteiger partial charge in [-0.05, 0) is 60.7 Å². The predicted molar refractivity (Wildman–Crippen MR) is 134 cm³/mol. The number of amides is 2. The fourth-order valence-electron chi connectivity index (χ4n) is 4.33. The standard InChI is InChI=1S/C27H25FN4O2S/c28-22-10-8-19(9-11-22)25-21(18-32(30-25)23-5-2-1-3-6-23)17-29-26(33)20-12-14-31(15-13-20)27(34)24-7-4-16-35-24/h1-11,16,18,20H,12-15,17H2,(H,29,33). The lowest BCUT2D eigenvalue weighted by molar-refractivity contribution is -0.126. The predicted octanol–water partition coefficient (Wildman–Crippen LogP) is 4.91. The zero-order chi connectivity index (χ0) is 24.2. The average Bonchev–Trinajstić information content (AvgIpc) is 3.59. The molecule has 2 aromatic heterocycles. The van der Waals surface area contributed by atoms with Crippen molar-refractivity contribution < 1.29 is 14.0 Å². The quantitative estimate of drug-likeness (QED) is 0.419. The van der Waals surface area contributed by atoms with E-state index in [4.69, 9.17) is 5.10 Å². The molecule has 0 aliphatic carbocycles. The number of piperidine rings is 1. The lowest BCUT2D eigenvalue weighted by atomic mass is 9.95. The van der Waals surface area contributed by atoms with E-state index in [0.29, 0.717) is 38.2 Å². The summed E-state index contributed by atoms with van der Waals surface area (Å²) in [6.45, 7) is 1.45. The largest absolute Gasteiger partial charge is 0.352 e. The lowest BCUT2D eigenvalue weighted by Crippen LogP contribution is -2.42. The number of para-hydroxylation sites is 1. The van der Waals surface area contributed by atoms with E-state index in [1.54, 1.807) is 16.8 Å². The summed E-state index contributed by atoms with van der Waals surface area (Å²) in [5, 5.41) is 9.68. The Morgan fingerprint density at radius 2 is 1.74 bits per heavy atom. The van der Waals surface area contributed by atoms with Crippen LogP contribution in [0.4, 0.5) is 4.39 Å². The van der Waals surface area contributed by atoms with Gasteiger partial charge in [0, 0.05) is 42.9 Å². The van der Waals surface area contributed by atoms with Crippen molar-refractivity contribution in [1.29, 1.82) is 0 Å². The third-order valence-electron chi connectivity index (χ3n) is 6.27. The van der Waals surface area contributed by atoms with Crippen LogP contribution >= 0.6 is 11.3 Å². The normalized spacial score (nSPS) is 14.1. The number of nitrogens with one attached hydrogen (secondary N) is 1. The molecule has 1 aliphatic rings. The molecule has 5 rings (SSSR count). The molecular formula is C27H25FN4O2S. The molecular weight excluding hydrogens is 463 g/mol. The van der Waals surface area contributed by atoms with Gasteiger partial charge in [-0.3, -0.25) is 9.59 Å². The summed E-state index contributed by atoms with van der Waals surface area (Å²) in [5.74, 6) is -0.433. The van der Waals surface area contributed by atoms with E-state index in [-0.39, 0.29) is 23.5 Å². The van der Waals surface area contributed by atoms with Gasteiger partial charge in [-0.15, -0.1) is 11.3 Å². The van der Waals surface area contributed by atoms with Crippen LogP contribution in [0.25, 0.3) is 16.9 Å². The Morgan fingerprint density at radius 1 is 1.00 bits per heavy atom. The van der Waals surface area contributed by atoms with E-state index >= 15 is 0 Å². The molecule has 4 aromatic rings. The van der Waals surface area contributed by atoms with Crippen LogP contribution in [-0.4, -0.2) is 39.6 Å². The molecule has 1 saturated heterocycles. The number of nitrogens with zero attached hydrogens (tertiary/aromatic N) is 3. The zero-order valence-corrected chi connectivity index (χ0v) is 19.9. The fourth-order valence-corrected chi connectivity index (χ4v) is 5.02. The van der Waals surface area contributed by atoms with Crippen LogP contribution in [0.5, 0.6) is 0 Å². The van der Waals surface area contributed by atoms with E-state index in [1.807, 2.05) is 58.9 Å². The number of carbonyl (C=O) groups is 2. The molecule has 8 heteroatoms. The van der Waals surface area contributed by atoms with Crippen molar-refractivity contribution in [3.8, 4) is 16.9 Å². The lowest BCUT2D eigenvalue weighted by Gasteiger charge is -2.31. The smallest absolute Gasteiger partial charge is 0.263 e. The van der Waals surface area contributed by atoms with Crippen LogP contribution in [0, 0.1) is 11.7 Å². The first-order valence-electron chi connectivity index (χ1n) is 11.6. The van der Waals surface area contributed by atoms with Crippen LogP contribution in [-0.2, 0) is 11.3 Å². The number of hydrogen-bond acceptors (Lipinski definition) is 4. The number of carbonyl (C=O) groups excluding carboxylic acids is 2. The van der Waals surface area contributed by atoms with Crippen molar-refractivity contribution in [2.24, 2.45) is 5.92 Å². The van der Waals surface area contributed by atoms with Gasteiger partial charge in [0.2, 0.25) is 5.91 Å². The third-order valence-corrected chi connectivity index (χ3v) is 7.12. The summed E-state index contributed by atoms with van der Waals surface area (Å²) in [6.07, 6.45) is 3.17. The highest BCUT2D eigenvalue weighted by Crippen LogP contribution is 2.25. The minimum atomic E-state index is -0.310. The molecule has 0 spiro atoms. The molecule has 35 heavy (non-hydrogen) atoms. The number of benzene rings is 2. The summed E-state index contributed by atoms with van der Waals surface area (Å²) >= 11 is 1.44. The number of thiophene rings is 1. The van der Waals surface area contributed by atoms with Gasteiger partial charge in [0.1, 0.15) is 5.82 Å². The topological polar surface area (TPSA) is 67.2 Å². The molecule has 0 atom stereocenters. The van der Waals surface area contributed by atoms with Crippen molar-refractivity contribution in [3.63, 3.8) is 0 Å². The highest BCUT2D eigenvalue weighted by atomic mass is 32.1. The number of aromatic nitrogens is 2. The van der Waals surface area contributed by atoms with Crippen molar-refractivity contribution in [1.82, 2.24) is 20.0 Å². The summed E-state index contributed by atoms with van der Waals surface area (Å²) in [4.78, 5) is 28.1. The Labute approximate surface area is 207 Å². The van der Waals surface area contributed by atoms with Gasteiger partial charge in [0.25, 0.3) is 5.91 Å². The molecule has 0 radical (unpaired) electrons. The zero-order valence-electron chi connectivity index (χ0n) is 19.1. The Kier molecular flexibility index (Phi) is 6.72. The van der Waals surface area contributed by atoms with E-state index in [1.165, 1.54) is 23.5 Å². The van der Waals surface area contributed by atoms with Crippen LogP contribution in [0.15, 0.2) is 78.3 Å². The first-order valence-corrected chi connectivity index (χ1v) is 12.5. The first-order chi connectivity index (χ1) is 17.1. The summed E-state index contributed by atoms with van der Waals surface area (Å²) in [5.41, 5.74) is 3.23. The number of halogens is 1. The highest BCUT2D eigenvalue weighted by molar-refractivity contribution is 7.12. The molecule has 1 aliphatic heterocycles. The monoisotopic (exact) mass is 488 g/mol. The average molecular weight is 489 g/mol. The number of rotatable bonds is 6. The van der Waals surface area contributed by atoms with Gasteiger partial charge in [-0.25, -0.2) is 9.07 Å². The van der Waals surface area contributed by atoms with Gasteiger partial charge in [0.05, 0.1) is 16.3 Å². The van der Waals surface area contributed by atoms with Crippen molar-refractivity contribution in [2.75, 3.05) is 13.1 Å². The Bertz CT molecular complexity index is 1290. The third kappa shape index (κ3) is 5.17. The van der Waals surface area contributed by atoms with Gasteiger partial charge >= 0.3 is 0 Å². The van der Waals surface area contributed by atoms with Crippen molar-refractivity contribution in [2.45, 2.75) is 19.4 Å². The number of likely N-dealkylation sites (tertiary alicyclic amines) is 1. The SMILES string of the molecule is O=C(NCc1cn(-c2ccccc2)nc1-c1ccc(F)cc1)C1CCN(C(=O)c2cccs2)CC1. The van der Waals surface area contributed by atoms with E-state index in [2.05, 4.69) is 5.32 Å². The molecule has 6 nitrogen and oxygen atoms in total. The van der Waals surface area contributed by atoms with E-state index < -0.39 is 0 Å². The maximum Gasteiger partial charge on any atom is 0.263 e. The molecule has 3 heterocycles. The molecule has 178 valence electrons. The summed E-state index contributed by atoms with van der Waals surface area (Å²) in [6, 6.07) is 19.6. The molecule has 0 unspecified atom stereocenters. The van der Waals surface area contributed by atoms with Crippen molar-refractivity contribution >= 4 is 23.2 Å². The molecule has 2 amide bonds. The van der Waals surface area contributed by atoms with Crippen molar-refractivity contribution in [3.05, 3.63) is 94.6 Å². The second-order valence-corrected chi connectivity index (χ2v) is 9.50. The molecule has 2 aromatic carbocycles. The minimum Gasteiger partial charge on any atom is -0.352 e. The van der Waals surface area contributed by atoms with Crippen LogP contribution in [0.2, 0.25) is 0 Å². The Balaban J connectivity index is 1.26. The second-order valence-electron chi connectivity index (χ2n) is 8.55.